The molecule has 3 aromatic rings. The molecule has 3 heteroatoms. The third-order valence-corrected chi connectivity index (χ3v) is 4.38. The number of H-pyrrole nitrogens is 1. The summed E-state index contributed by atoms with van der Waals surface area (Å²) in [5, 5.41) is 0. The van der Waals surface area contributed by atoms with Gasteiger partial charge in [-0.1, -0.05) is 42.5 Å². The molecule has 2 heterocycles. The zero-order valence-electron chi connectivity index (χ0n) is 12.5. The fourth-order valence-corrected chi connectivity index (χ4v) is 3.15. The van der Waals surface area contributed by atoms with Crippen LogP contribution in [-0.2, 0) is 6.54 Å². The molecular weight excluding hydrogens is 270 g/mol. The highest BCUT2D eigenvalue weighted by atomic mass is 15.1. The van der Waals surface area contributed by atoms with Crippen molar-refractivity contribution >= 4 is 16.6 Å². The van der Waals surface area contributed by atoms with Gasteiger partial charge in [0.1, 0.15) is 12.4 Å². The molecule has 1 atom stereocenters. The molecule has 0 bridgehead atoms. The number of aromatic amines is 1. The van der Waals surface area contributed by atoms with E-state index in [4.69, 9.17) is 4.98 Å². The van der Waals surface area contributed by atoms with Crippen LogP contribution >= 0.6 is 0 Å². The minimum Gasteiger partial charge on any atom is -0.338 e. The fourth-order valence-electron chi connectivity index (χ4n) is 3.15. The number of nitrogens with one attached hydrogen (secondary N) is 2. The minimum atomic E-state index is 1.04. The number of hydrogen-bond donors (Lipinski definition) is 2. The van der Waals surface area contributed by atoms with E-state index >= 15 is 0 Å². The Balaban J connectivity index is 1.49. The monoisotopic (exact) mass is 290 g/mol. The predicted molar refractivity (Wildman–Crippen MR) is 89.5 cm³/mol. The molecule has 110 valence electrons. The zero-order valence-corrected chi connectivity index (χ0v) is 12.5. The minimum absolute atomic E-state index is 1.04. The molecule has 1 aliphatic heterocycles. The van der Waals surface area contributed by atoms with Gasteiger partial charge in [-0.25, -0.2) is 4.98 Å². The van der Waals surface area contributed by atoms with Crippen molar-refractivity contribution in [2.45, 2.75) is 13.0 Å². The average molecular weight is 290 g/mol. The van der Waals surface area contributed by atoms with E-state index in [2.05, 4.69) is 53.5 Å². The van der Waals surface area contributed by atoms with Gasteiger partial charge < -0.3 is 9.88 Å². The number of imidazole rings is 1. The number of aromatic nitrogens is 2. The van der Waals surface area contributed by atoms with Gasteiger partial charge in [-0.2, -0.15) is 0 Å². The predicted octanol–water partition coefficient (Wildman–Crippen LogP) is 2.44. The normalized spacial score (nSPS) is 18.4. The summed E-state index contributed by atoms with van der Waals surface area (Å²) in [4.78, 5) is 9.77. The van der Waals surface area contributed by atoms with Crippen molar-refractivity contribution in [2.75, 3.05) is 13.1 Å². The number of benzene rings is 2. The molecule has 2 aromatic carbocycles. The zero-order chi connectivity index (χ0) is 14.8. The van der Waals surface area contributed by atoms with Crippen LogP contribution < -0.4 is 4.90 Å². The Hall–Kier alpha value is -2.39. The maximum atomic E-state index is 4.71. The van der Waals surface area contributed by atoms with E-state index < -0.39 is 0 Å². The quantitative estimate of drug-likeness (QED) is 0.763. The lowest BCUT2D eigenvalue weighted by molar-refractivity contribution is -0.908. The van der Waals surface area contributed by atoms with Gasteiger partial charge in [0, 0.05) is 17.6 Å². The first-order valence-electron chi connectivity index (χ1n) is 7.90. The number of quaternary nitrogens is 1. The summed E-state index contributed by atoms with van der Waals surface area (Å²) >= 11 is 0. The fraction of sp³-hybridized carbons (Fsp3) is 0.211. The second-order valence-corrected chi connectivity index (χ2v) is 5.95. The van der Waals surface area contributed by atoms with Crippen LogP contribution in [0.3, 0.4) is 0 Å². The maximum absolute atomic E-state index is 4.71. The Morgan fingerprint density at radius 2 is 1.82 bits per heavy atom. The van der Waals surface area contributed by atoms with E-state index in [-0.39, 0.29) is 0 Å². The van der Waals surface area contributed by atoms with Crippen LogP contribution in [0.4, 0.5) is 0 Å². The summed E-state index contributed by atoms with van der Waals surface area (Å²) in [6.07, 6.45) is 3.43. The molecule has 0 aliphatic carbocycles. The second kappa shape index (κ2) is 5.78. The summed E-state index contributed by atoms with van der Waals surface area (Å²) < 4.78 is 0. The number of para-hydroxylation sites is 2. The molecule has 0 fully saturated rings. The molecule has 1 unspecified atom stereocenters. The molecule has 3 nitrogen and oxygen atoms in total. The van der Waals surface area contributed by atoms with Gasteiger partial charge in [0.25, 0.3) is 0 Å². The van der Waals surface area contributed by atoms with E-state index in [1.807, 2.05) is 12.1 Å². The van der Waals surface area contributed by atoms with Crippen LogP contribution in [0.1, 0.15) is 17.8 Å². The molecule has 1 aliphatic rings. The highest BCUT2D eigenvalue weighted by Gasteiger charge is 2.18. The van der Waals surface area contributed by atoms with Gasteiger partial charge in [0.05, 0.1) is 24.1 Å². The van der Waals surface area contributed by atoms with Gasteiger partial charge in [-0.3, -0.25) is 0 Å². The first-order valence-corrected chi connectivity index (χ1v) is 7.90. The molecule has 0 spiro atoms. The Morgan fingerprint density at radius 1 is 1.00 bits per heavy atom. The topological polar surface area (TPSA) is 33.1 Å². The van der Waals surface area contributed by atoms with Crippen molar-refractivity contribution in [3.05, 3.63) is 72.1 Å². The van der Waals surface area contributed by atoms with Gasteiger partial charge in [-0.15, -0.1) is 0 Å². The van der Waals surface area contributed by atoms with E-state index in [1.165, 1.54) is 11.1 Å². The van der Waals surface area contributed by atoms with Crippen molar-refractivity contribution in [3.8, 4) is 0 Å². The molecule has 1 aromatic heterocycles. The average Bonchev–Trinajstić information content (AvgIpc) is 3.00. The molecular formula is C19H20N3+. The molecule has 0 saturated heterocycles. The third-order valence-electron chi connectivity index (χ3n) is 4.38. The summed E-state index contributed by atoms with van der Waals surface area (Å²) in [6.45, 7) is 3.34. The maximum Gasteiger partial charge on any atom is 0.134 e. The number of rotatable bonds is 3. The van der Waals surface area contributed by atoms with Gasteiger partial charge in [0.2, 0.25) is 0 Å². The van der Waals surface area contributed by atoms with Crippen molar-refractivity contribution in [2.24, 2.45) is 0 Å². The molecule has 2 N–H and O–H groups in total. The van der Waals surface area contributed by atoms with E-state index in [1.54, 1.807) is 4.90 Å². The lowest BCUT2D eigenvalue weighted by atomic mass is 10.1. The molecule has 0 saturated carbocycles. The lowest BCUT2D eigenvalue weighted by Gasteiger charge is -2.23. The van der Waals surface area contributed by atoms with Crippen molar-refractivity contribution in [1.29, 1.82) is 0 Å². The van der Waals surface area contributed by atoms with Crippen molar-refractivity contribution in [1.82, 2.24) is 9.97 Å². The highest BCUT2D eigenvalue weighted by Crippen LogP contribution is 2.19. The standard InChI is InChI=1S/C19H19N3/c1-2-6-15(7-3-1)14-22-12-10-16(11-13-22)19-20-17-8-4-5-9-18(17)21-19/h1-10H,11-14H2,(H,20,21)/p+1. The Morgan fingerprint density at radius 3 is 2.59 bits per heavy atom. The molecule has 22 heavy (non-hydrogen) atoms. The van der Waals surface area contributed by atoms with Gasteiger partial charge >= 0.3 is 0 Å². The van der Waals surface area contributed by atoms with Gasteiger partial charge in [0.15, 0.2) is 0 Å². The smallest absolute Gasteiger partial charge is 0.134 e. The highest BCUT2D eigenvalue weighted by molar-refractivity contribution is 5.78. The third kappa shape index (κ3) is 2.68. The van der Waals surface area contributed by atoms with Crippen LogP contribution in [0.2, 0.25) is 0 Å². The van der Waals surface area contributed by atoms with Crippen LogP contribution in [0.25, 0.3) is 16.6 Å². The van der Waals surface area contributed by atoms with Crippen molar-refractivity contribution < 1.29 is 4.90 Å². The SMILES string of the molecule is C1=C(c2nc3ccccc3[nH]2)CC[NH+](Cc2ccccc2)C1. The summed E-state index contributed by atoms with van der Waals surface area (Å²) in [7, 11) is 0. The number of nitrogens with zero attached hydrogens (tertiary/aromatic N) is 1. The van der Waals surface area contributed by atoms with Crippen LogP contribution in [-0.4, -0.2) is 23.1 Å². The van der Waals surface area contributed by atoms with E-state index in [0.717, 1.165) is 42.9 Å². The van der Waals surface area contributed by atoms with E-state index in [0.29, 0.717) is 0 Å². The summed E-state index contributed by atoms with van der Waals surface area (Å²) in [5.74, 6) is 1.04. The molecule has 0 amide bonds. The van der Waals surface area contributed by atoms with Gasteiger partial charge in [-0.05, 0) is 18.2 Å². The first-order chi connectivity index (χ1) is 10.9. The van der Waals surface area contributed by atoms with Crippen LogP contribution in [0.15, 0.2) is 60.7 Å². The largest absolute Gasteiger partial charge is 0.338 e. The van der Waals surface area contributed by atoms with Crippen LogP contribution in [0.5, 0.6) is 0 Å². The first kappa shape index (κ1) is 13.3. The Bertz CT molecular complexity index is 769. The van der Waals surface area contributed by atoms with Crippen LogP contribution in [0, 0.1) is 0 Å². The number of hydrogen-bond acceptors (Lipinski definition) is 1. The molecule has 4 rings (SSSR count). The van der Waals surface area contributed by atoms with Crippen molar-refractivity contribution in [3.63, 3.8) is 0 Å². The molecule has 0 radical (unpaired) electrons. The number of fused-ring (bicyclic) bond motifs is 1. The Labute approximate surface area is 130 Å². The second-order valence-electron chi connectivity index (χ2n) is 5.95. The summed E-state index contributed by atoms with van der Waals surface area (Å²) in [6, 6.07) is 19.0. The lowest BCUT2D eigenvalue weighted by Crippen LogP contribution is -3.11. The van der Waals surface area contributed by atoms with E-state index in [9.17, 15) is 0 Å². The summed E-state index contributed by atoms with van der Waals surface area (Å²) in [5.41, 5.74) is 4.95. The Kier molecular flexibility index (Phi) is 3.49.